The summed E-state index contributed by atoms with van der Waals surface area (Å²) in [6.07, 6.45) is 0. The quantitative estimate of drug-likeness (QED) is 0.542. The van der Waals surface area contributed by atoms with Crippen molar-refractivity contribution in [3.8, 4) is 0 Å². The molecule has 1 aromatic rings. The Hall–Kier alpha value is 0.290. The van der Waals surface area contributed by atoms with Crippen LogP contribution in [0, 0.1) is 11.9 Å². The standard InChI is InChI=1S/C5BrCl3F2N2/c6-1-2(10)12-4(5(7,8)9)13-3(1)11. The zero-order chi connectivity index (χ0) is 10.2. The van der Waals surface area contributed by atoms with Crippen molar-refractivity contribution in [1.29, 1.82) is 0 Å². The van der Waals surface area contributed by atoms with Crippen molar-refractivity contribution >= 4 is 50.7 Å². The van der Waals surface area contributed by atoms with Crippen LogP contribution in [0.3, 0.4) is 0 Å². The van der Waals surface area contributed by atoms with Crippen LogP contribution in [0.4, 0.5) is 8.78 Å². The van der Waals surface area contributed by atoms with Gasteiger partial charge < -0.3 is 0 Å². The van der Waals surface area contributed by atoms with Crippen LogP contribution < -0.4 is 0 Å². The molecule has 2 nitrogen and oxygen atoms in total. The van der Waals surface area contributed by atoms with Gasteiger partial charge in [-0.3, -0.25) is 0 Å². The second kappa shape index (κ2) is 3.81. The SMILES string of the molecule is Fc1nc(C(Cl)(Cl)Cl)nc(F)c1Br. The summed E-state index contributed by atoms with van der Waals surface area (Å²) in [6, 6.07) is 0. The Balaban J connectivity index is 3.29. The largest absolute Gasteiger partial charge is 0.250 e. The van der Waals surface area contributed by atoms with E-state index in [1.165, 1.54) is 0 Å². The lowest BCUT2D eigenvalue weighted by molar-refractivity contribution is 0.502. The van der Waals surface area contributed by atoms with Gasteiger partial charge in [0.05, 0.1) is 0 Å². The molecule has 0 N–H and O–H groups in total. The summed E-state index contributed by atoms with van der Waals surface area (Å²) in [6.45, 7) is 0. The van der Waals surface area contributed by atoms with Crippen molar-refractivity contribution in [1.82, 2.24) is 9.97 Å². The summed E-state index contributed by atoms with van der Waals surface area (Å²) < 4.78 is 23.0. The minimum Gasteiger partial charge on any atom is -0.199 e. The molecule has 0 unspecified atom stereocenters. The van der Waals surface area contributed by atoms with Gasteiger partial charge in [0.2, 0.25) is 15.7 Å². The summed E-state index contributed by atoms with van der Waals surface area (Å²) >= 11 is 18.5. The smallest absolute Gasteiger partial charge is 0.199 e. The van der Waals surface area contributed by atoms with E-state index < -0.39 is 26.0 Å². The number of rotatable bonds is 0. The predicted octanol–water partition coefficient (Wildman–Crippen LogP) is 3.34. The Kier molecular flexibility index (Phi) is 3.33. The fourth-order valence-electron chi connectivity index (χ4n) is 0.521. The lowest BCUT2D eigenvalue weighted by atomic mass is 10.6. The van der Waals surface area contributed by atoms with Crippen molar-refractivity contribution in [2.24, 2.45) is 0 Å². The average molecular weight is 312 g/mol. The summed E-state index contributed by atoms with van der Waals surface area (Å²) in [5, 5.41) is 0. The van der Waals surface area contributed by atoms with Crippen LogP contribution in [0.15, 0.2) is 4.47 Å². The maximum Gasteiger partial charge on any atom is 0.250 e. The zero-order valence-corrected chi connectivity index (χ0v) is 9.52. The van der Waals surface area contributed by atoms with Gasteiger partial charge >= 0.3 is 0 Å². The monoisotopic (exact) mass is 310 g/mol. The minimum atomic E-state index is -2.04. The fraction of sp³-hybridized carbons (Fsp3) is 0.200. The molecule has 8 heteroatoms. The third-order valence-electron chi connectivity index (χ3n) is 1.02. The molecule has 0 amide bonds. The summed E-state index contributed by atoms with van der Waals surface area (Å²) in [5.74, 6) is -2.78. The first-order chi connectivity index (χ1) is 5.82. The molecule has 13 heavy (non-hydrogen) atoms. The molecule has 1 rings (SSSR count). The molecule has 0 aliphatic heterocycles. The van der Waals surface area contributed by atoms with E-state index in [0.29, 0.717) is 0 Å². The Morgan fingerprint density at radius 1 is 1.08 bits per heavy atom. The van der Waals surface area contributed by atoms with Crippen LogP contribution in [0.1, 0.15) is 5.82 Å². The number of nitrogens with zero attached hydrogens (tertiary/aromatic N) is 2. The van der Waals surface area contributed by atoms with E-state index in [-0.39, 0.29) is 0 Å². The van der Waals surface area contributed by atoms with Gasteiger partial charge in [0.1, 0.15) is 4.47 Å². The maximum absolute atomic E-state index is 12.8. The average Bonchev–Trinajstić information content (AvgIpc) is 1.97. The van der Waals surface area contributed by atoms with Gasteiger partial charge in [0.25, 0.3) is 0 Å². The molecule has 0 aliphatic rings. The normalized spacial score (nSPS) is 11.8. The van der Waals surface area contributed by atoms with Gasteiger partial charge in [-0.25, -0.2) is 0 Å². The molecule has 1 aromatic heterocycles. The van der Waals surface area contributed by atoms with Gasteiger partial charge in [-0.15, -0.1) is 0 Å². The highest BCUT2D eigenvalue weighted by atomic mass is 79.9. The van der Waals surface area contributed by atoms with Gasteiger partial charge in [-0.2, -0.15) is 18.7 Å². The molecule has 0 saturated carbocycles. The van der Waals surface area contributed by atoms with Crippen molar-refractivity contribution < 1.29 is 8.78 Å². The Bertz CT molecular complexity index is 318. The second-order valence-corrected chi connectivity index (χ2v) is 5.01. The van der Waals surface area contributed by atoms with Gasteiger partial charge in [0, 0.05) is 0 Å². The van der Waals surface area contributed by atoms with Crippen molar-refractivity contribution in [2.45, 2.75) is 3.79 Å². The number of aromatic nitrogens is 2. The first-order valence-corrected chi connectivity index (χ1v) is 4.71. The maximum atomic E-state index is 12.8. The van der Waals surface area contributed by atoms with Gasteiger partial charge in [-0.05, 0) is 15.9 Å². The van der Waals surface area contributed by atoms with E-state index >= 15 is 0 Å². The Morgan fingerprint density at radius 2 is 1.46 bits per heavy atom. The number of hydrogen-bond acceptors (Lipinski definition) is 2. The van der Waals surface area contributed by atoms with Crippen LogP contribution in [-0.4, -0.2) is 9.97 Å². The lowest BCUT2D eigenvalue weighted by Crippen LogP contribution is -2.10. The molecular formula is C5BrCl3F2N2. The van der Waals surface area contributed by atoms with Crippen molar-refractivity contribution in [3.05, 3.63) is 22.2 Å². The van der Waals surface area contributed by atoms with Gasteiger partial charge in [0.15, 0.2) is 5.82 Å². The lowest BCUT2D eigenvalue weighted by Gasteiger charge is -2.08. The Labute approximate surface area is 95.3 Å². The molecule has 0 aliphatic carbocycles. The van der Waals surface area contributed by atoms with Gasteiger partial charge in [-0.1, -0.05) is 34.8 Å². The fourth-order valence-corrected chi connectivity index (χ4v) is 0.952. The third-order valence-corrected chi connectivity index (χ3v) is 2.19. The van der Waals surface area contributed by atoms with E-state index in [1.807, 2.05) is 0 Å². The Morgan fingerprint density at radius 3 is 1.77 bits per heavy atom. The van der Waals surface area contributed by atoms with E-state index in [2.05, 4.69) is 25.9 Å². The van der Waals surface area contributed by atoms with E-state index in [9.17, 15) is 8.78 Å². The number of alkyl halides is 3. The van der Waals surface area contributed by atoms with Crippen LogP contribution in [0.2, 0.25) is 0 Å². The molecule has 0 saturated heterocycles. The molecule has 0 aromatic carbocycles. The topological polar surface area (TPSA) is 25.8 Å². The summed E-state index contributed by atoms with van der Waals surface area (Å²) in [4.78, 5) is 6.29. The molecule has 0 bridgehead atoms. The highest BCUT2D eigenvalue weighted by Crippen LogP contribution is 2.36. The highest BCUT2D eigenvalue weighted by Gasteiger charge is 2.29. The summed E-state index contributed by atoms with van der Waals surface area (Å²) in [5.41, 5.74) is 0. The van der Waals surface area contributed by atoms with Crippen LogP contribution in [0.5, 0.6) is 0 Å². The zero-order valence-electron chi connectivity index (χ0n) is 5.66. The number of halogens is 6. The first-order valence-electron chi connectivity index (χ1n) is 2.78. The van der Waals surface area contributed by atoms with E-state index in [4.69, 9.17) is 34.8 Å². The molecule has 72 valence electrons. The first kappa shape index (κ1) is 11.4. The summed E-state index contributed by atoms with van der Waals surface area (Å²) in [7, 11) is 0. The molecule has 0 spiro atoms. The van der Waals surface area contributed by atoms with Crippen molar-refractivity contribution in [2.75, 3.05) is 0 Å². The van der Waals surface area contributed by atoms with Crippen LogP contribution in [-0.2, 0) is 3.79 Å². The van der Waals surface area contributed by atoms with E-state index in [1.54, 1.807) is 0 Å². The minimum absolute atomic E-state index is 0.495. The molecular weight excluding hydrogens is 312 g/mol. The molecule has 0 radical (unpaired) electrons. The molecule has 1 heterocycles. The van der Waals surface area contributed by atoms with E-state index in [0.717, 1.165) is 0 Å². The number of hydrogen-bond donors (Lipinski definition) is 0. The third kappa shape index (κ3) is 2.62. The van der Waals surface area contributed by atoms with Crippen molar-refractivity contribution in [3.63, 3.8) is 0 Å². The predicted molar refractivity (Wildman–Crippen MR) is 48.9 cm³/mol. The van der Waals surface area contributed by atoms with Crippen LogP contribution >= 0.6 is 50.7 Å². The molecule has 0 atom stereocenters. The molecule has 0 fully saturated rings. The van der Waals surface area contributed by atoms with Crippen LogP contribution in [0.25, 0.3) is 0 Å². The second-order valence-electron chi connectivity index (χ2n) is 1.94. The highest BCUT2D eigenvalue weighted by molar-refractivity contribution is 9.10.